The van der Waals surface area contributed by atoms with Gasteiger partial charge in [-0.25, -0.2) is 4.79 Å². The zero-order chi connectivity index (χ0) is 12.3. The lowest BCUT2D eigenvalue weighted by molar-refractivity contribution is -0.131. The van der Waals surface area contributed by atoms with Gasteiger partial charge in [0.05, 0.1) is 6.61 Å². The van der Waals surface area contributed by atoms with E-state index in [9.17, 15) is 14.4 Å². The van der Waals surface area contributed by atoms with E-state index in [1.54, 1.807) is 6.92 Å². The highest BCUT2D eigenvalue weighted by Crippen LogP contribution is 2.06. The fraction of sp³-hybridized carbons (Fsp3) is 0.667. The fourth-order valence-corrected chi connectivity index (χ4v) is 1.33. The van der Waals surface area contributed by atoms with Crippen molar-refractivity contribution in [2.24, 2.45) is 0 Å². The Morgan fingerprint density at radius 1 is 1.56 bits per heavy atom. The van der Waals surface area contributed by atoms with E-state index in [2.05, 4.69) is 5.32 Å². The Balaban J connectivity index is 2.51. The minimum Gasteiger partial charge on any atom is -0.394 e. The number of nitrogens with one attached hydrogen (secondary N) is 1. The second-order valence-corrected chi connectivity index (χ2v) is 3.77. The van der Waals surface area contributed by atoms with Gasteiger partial charge in [0, 0.05) is 13.1 Å². The lowest BCUT2D eigenvalue weighted by Crippen LogP contribution is -2.44. The number of urea groups is 1. The molecule has 2 N–H and O–H groups in total. The summed E-state index contributed by atoms with van der Waals surface area (Å²) in [5.74, 6) is -0.849. The van der Waals surface area contributed by atoms with Crippen LogP contribution in [0.4, 0.5) is 4.79 Å². The van der Waals surface area contributed by atoms with Crippen molar-refractivity contribution in [2.75, 3.05) is 26.7 Å². The fourth-order valence-electron chi connectivity index (χ4n) is 1.33. The molecular formula is C9H15N3O4. The Morgan fingerprint density at radius 3 is 2.62 bits per heavy atom. The predicted molar refractivity (Wildman–Crippen MR) is 54.4 cm³/mol. The SMILES string of the molecule is C[C@@H](CO)NC(=O)CN1C(=O)CN(C)C1=O. The zero-order valence-electron chi connectivity index (χ0n) is 9.27. The van der Waals surface area contributed by atoms with Gasteiger partial charge in [-0.15, -0.1) is 0 Å². The number of aliphatic hydroxyl groups excluding tert-OH is 1. The topological polar surface area (TPSA) is 89.9 Å². The normalized spacial score (nSPS) is 17.9. The van der Waals surface area contributed by atoms with Gasteiger partial charge in [-0.1, -0.05) is 0 Å². The van der Waals surface area contributed by atoms with Crippen LogP contribution in [-0.4, -0.2) is 65.5 Å². The minimum atomic E-state index is -0.475. The number of carbonyl (C=O) groups excluding carboxylic acids is 3. The molecule has 0 aromatic heterocycles. The third-order valence-corrected chi connectivity index (χ3v) is 2.21. The van der Waals surface area contributed by atoms with E-state index in [1.807, 2.05) is 0 Å². The molecule has 0 aliphatic carbocycles. The average molecular weight is 229 g/mol. The summed E-state index contributed by atoms with van der Waals surface area (Å²) in [6.45, 7) is 1.14. The number of carbonyl (C=O) groups is 3. The van der Waals surface area contributed by atoms with Gasteiger partial charge in [-0.3, -0.25) is 14.5 Å². The molecule has 1 fully saturated rings. The van der Waals surface area contributed by atoms with Crippen LogP contribution >= 0.6 is 0 Å². The Bertz CT molecular complexity index is 318. The van der Waals surface area contributed by atoms with Crippen LogP contribution < -0.4 is 5.32 Å². The quantitative estimate of drug-likeness (QED) is 0.567. The predicted octanol–water partition coefficient (Wildman–Crippen LogP) is -1.62. The molecule has 1 atom stereocenters. The van der Waals surface area contributed by atoms with Crippen LogP contribution in [0.3, 0.4) is 0 Å². The summed E-state index contributed by atoms with van der Waals surface area (Å²) >= 11 is 0. The maximum Gasteiger partial charge on any atom is 0.327 e. The maximum atomic E-state index is 11.4. The van der Waals surface area contributed by atoms with E-state index in [0.717, 1.165) is 4.90 Å². The molecule has 90 valence electrons. The summed E-state index contributed by atoms with van der Waals surface area (Å²) in [6, 6.07) is -0.866. The van der Waals surface area contributed by atoms with Crippen LogP contribution in [0.1, 0.15) is 6.92 Å². The third kappa shape index (κ3) is 2.69. The van der Waals surface area contributed by atoms with Crippen molar-refractivity contribution >= 4 is 17.8 Å². The van der Waals surface area contributed by atoms with E-state index in [-0.39, 0.29) is 25.6 Å². The number of nitrogens with zero attached hydrogens (tertiary/aromatic N) is 2. The highest BCUT2D eigenvalue weighted by molar-refractivity contribution is 6.04. The first-order chi connectivity index (χ1) is 7.45. The molecule has 7 nitrogen and oxygen atoms in total. The molecule has 1 saturated heterocycles. The Hall–Kier alpha value is -1.63. The van der Waals surface area contributed by atoms with Crippen molar-refractivity contribution in [1.82, 2.24) is 15.1 Å². The van der Waals surface area contributed by atoms with Crippen LogP contribution in [0.25, 0.3) is 0 Å². The van der Waals surface area contributed by atoms with Crippen molar-refractivity contribution < 1.29 is 19.5 Å². The Kier molecular flexibility index (Phi) is 3.83. The Morgan fingerprint density at radius 2 is 2.19 bits per heavy atom. The van der Waals surface area contributed by atoms with Gasteiger partial charge in [0.1, 0.15) is 13.1 Å². The molecule has 0 spiro atoms. The first-order valence-corrected chi connectivity index (χ1v) is 4.91. The molecule has 16 heavy (non-hydrogen) atoms. The molecule has 1 aliphatic rings. The molecule has 1 rings (SSSR count). The summed E-state index contributed by atoms with van der Waals surface area (Å²) in [5, 5.41) is 11.2. The van der Waals surface area contributed by atoms with Crippen molar-refractivity contribution in [3.05, 3.63) is 0 Å². The van der Waals surface area contributed by atoms with Gasteiger partial charge in [0.25, 0.3) is 5.91 Å². The van der Waals surface area contributed by atoms with E-state index in [4.69, 9.17) is 5.11 Å². The molecule has 1 aliphatic heterocycles. The van der Waals surface area contributed by atoms with Crippen molar-refractivity contribution in [3.8, 4) is 0 Å². The third-order valence-electron chi connectivity index (χ3n) is 2.21. The molecule has 0 radical (unpaired) electrons. The van der Waals surface area contributed by atoms with E-state index < -0.39 is 18.0 Å². The highest BCUT2D eigenvalue weighted by atomic mass is 16.3. The lowest BCUT2D eigenvalue weighted by Gasteiger charge is -2.15. The van der Waals surface area contributed by atoms with Gasteiger partial charge in [-0.05, 0) is 6.92 Å². The zero-order valence-corrected chi connectivity index (χ0v) is 9.27. The van der Waals surface area contributed by atoms with Crippen LogP contribution in [-0.2, 0) is 9.59 Å². The molecule has 0 unspecified atom stereocenters. The van der Waals surface area contributed by atoms with Gasteiger partial charge in [-0.2, -0.15) is 0 Å². The first-order valence-electron chi connectivity index (χ1n) is 4.91. The second kappa shape index (κ2) is 4.93. The van der Waals surface area contributed by atoms with E-state index >= 15 is 0 Å². The number of rotatable bonds is 4. The average Bonchev–Trinajstić information content (AvgIpc) is 2.45. The molecule has 0 bridgehead atoms. The summed E-state index contributed by atoms with van der Waals surface area (Å²) in [4.78, 5) is 36.2. The van der Waals surface area contributed by atoms with Gasteiger partial charge >= 0.3 is 6.03 Å². The Labute approximate surface area is 93.0 Å². The standard InChI is InChI=1S/C9H15N3O4/c1-6(5-13)10-7(14)3-12-8(15)4-11(2)9(12)16/h6,13H,3-5H2,1-2H3,(H,10,14)/t6-/m0/s1. The number of likely N-dealkylation sites (N-methyl/N-ethyl adjacent to an activating group) is 1. The number of amides is 4. The number of aliphatic hydroxyl groups is 1. The molecular weight excluding hydrogens is 214 g/mol. The smallest absolute Gasteiger partial charge is 0.327 e. The molecule has 1 heterocycles. The molecule has 7 heteroatoms. The van der Waals surface area contributed by atoms with Crippen molar-refractivity contribution in [2.45, 2.75) is 13.0 Å². The lowest BCUT2D eigenvalue weighted by atomic mass is 10.3. The molecule has 0 aromatic rings. The van der Waals surface area contributed by atoms with Crippen LogP contribution in [0.5, 0.6) is 0 Å². The van der Waals surface area contributed by atoms with Gasteiger partial charge in [0.15, 0.2) is 0 Å². The number of hydrogen-bond acceptors (Lipinski definition) is 4. The van der Waals surface area contributed by atoms with E-state index in [1.165, 1.54) is 11.9 Å². The van der Waals surface area contributed by atoms with Crippen LogP contribution in [0, 0.1) is 0 Å². The molecule has 0 saturated carbocycles. The molecule has 0 aromatic carbocycles. The highest BCUT2D eigenvalue weighted by Gasteiger charge is 2.34. The van der Waals surface area contributed by atoms with E-state index in [0.29, 0.717) is 0 Å². The summed E-state index contributed by atoms with van der Waals surface area (Å²) in [6.07, 6.45) is 0. The number of imide groups is 1. The first kappa shape index (κ1) is 12.4. The largest absolute Gasteiger partial charge is 0.394 e. The summed E-state index contributed by atoms with van der Waals surface area (Å²) < 4.78 is 0. The van der Waals surface area contributed by atoms with Gasteiger partial charge < -0.3 is 15.3 Å². The van der Waals surface area contributed by atoms with Gasteiger partial charge in [0.2, 0.25) is 5.91 Å². The maximum absolute atomic E-state index is 11.4. The minimum absolute atomic E-state index is 0.00165. The second-order valence-electron chi connectivity index (χ2n) is 3.77. The van der Waals surface area contributed by atoms with Crippen LogP contribution in [0.15, 0.2) is 0 Å². The summed E-state index contributed by atoms with van der Waals surface area (Å²) in [5.41, 5.74) is 0. The van der Waals surface area contributed by atoms with Crippen molar-refractivity contribution in [1.29, 1.82) is 0 Å². The van der Waals surface area contributed by atoms with Crippen LogP contribution in [0.2, 0.25) is 0 Å². The van der Waals surface area contributed by atoms with Crippen molar-refractivity contribution in [3.63, 3.8) is 0 Å². The number of hydrogen-bond donors (Lipinski definition) is 2. The monoisotopic (exact) mass is 229 g/mol. The molecule has 4 amide bonds. The summed E-state index contributed by atoms with van der Waals surface area (Å²) in [7, 11) is 1.49.